The van der Waals surface area contributed by atoms with E-state index in [2.05, 4.69) is 10.5 Å². The Hall–Kier alpha value is -2.92. The van der Waals surface area contributed by atoms with Crippen LogP contribution < -0.4 is 5.32 Å². The van der Waals surface area contributed by atoms with Crippen LogP contribution >= 0.6 is 11.6 Å². The first-order chi connectivity index (χ1) is 14.0. The highest BCUT2D eigenvalue weighted by Crippen LogP contribution is 2.49. The third-order valence-corrected chi connectivity index (χ3v) is 6.03. The minimum absolute atomic E-state index is 0.0461. The summed E-state index contributed by atoms with van der Waals surface area (Å²) in [7, 11) is 0. The number of carbonyl (C=O) groups excluding carboxylic acids is 1. The number of aryl methyl sites for hydroxylation is 1. The highest BCUT2D eigenvalue weighted by molar-refractivity contribution is 6.30. The maximum absolute atomic E-state index is 14.0. The van der Waals surface area contributed by atoms with Crippen molar-refractivity contribution in [2.45, 2.75) is 31.6 Å². The van der Waals surface area contributed by atoms with Crippen LogP contribution in [0.25, 0.3) is 0 Å². The zero-order valence-corrected chi connectivity index (χ0v) is 16.5. The van der Waals surface area contributed by atoms with Crippen molar-refractivity contribution in [1.29, 1.82) is 0 Å². The monoisotopic (exact) mass is 408 g/mol. The third kappa shape index (κ3) is 3.06. The number of anilines is 1. The van der Waals surface area contributed by atoms with E-state index in [4.69, 9.17) is 16.1 Å². The minimum Gasteiger partial charge on any atom is -0.338 e. The lowest BCUT2D eigenvalue weighted by Crippen LogP contribution is -2.29. The maximum Gasteiger partial charge on any atom is 0.233 e. The van der Waals surface area contributed by atoms with Crippen LogP contribution in [0.3, 0.4) is 0 Å². The van der Waals surface area contributed by atoms with Gasteiger partial charge in [-0.15, -0.1) is 0 Å². The standard InChI is InChI=1S/C23H18ClFN2O2/c1-12-20-21(14-3-2-4-17(25)9-14)22-18(26-23(20)29-27-12)10-15(11-19(22)28)13-5-7-16(24)8-6-13/h2-9,15,21,26H,10-11H2,1H3/t15-,21+/m0/s1. The van der Waals surface area contributed by atoms with E-state index in [1.807, 2.05) is 37.3 Å². The predicted molar refractivity (Wildman–Crippen MR) is 109 cm³/mol. The van der Waals surface area contributed by atoms with Crippen LogP contribution in [0.5, 0.6) is 0 Å². The molecule has 1 aliphatic heterocycles. The molecule has 146 valence electrons. The lowest BCUT2D eigenvalue weighted by atomic mass is 9.72. The normalized spacial score (nSPS) is 20.9. The van der Waals surface area contributed by atoms with Crippen LogP contribution in [0.1, 0.15) is 47.1 Å². The minimum atomic E-state index is -0.387. The van der Waals surface area contributed by atoms with Gasteiger partial charge in [0, 0.05) is 28.6 Å². The summed E-state index contributed by atoms with van der Waals surface area (Å²) in [5.41, 5.74) is 4.79. The van der Waals surface area contributed by atoms with Crippen LogP contribution in [-0.2, 0) is 4.79 Å². The second-order valence-electron chi connectivity index (χ2n) is 7.60. The zero-order valence-electron chi connectivity index (χ0n) is 15.7. The van der Waals surface area contributed by atoms with Gasteiger partial charge in [-0.05, 0) is 54.7 Å². The number of ketones is 1. The summed E-state index contributed by atoms with van der Waals surface area (Å²) in [6.07, 6.45) is 1.06. The summed E-state index contributed by atoms with van der Waals surface area (Å²) in [4.78, 5) is 13.3. The van der Waals surface area contributed by atoms with Crippen LogP contribution in [0.4, 0.5) is 10.3 Å². The molecule has 1 aliphatic carbocycles. The zero-order chi connectivity index (χ0) is 20.1. The molecular formula is C23H18ClFN2O2. The Morgan fingerprint density at radius 2 is 1.93 bits per heavy atom. The van der Waals surface area contributed by atoms with E-state index in [1.165, 1.54) is 12.1 Å². The number of rotatable bonds is 2. The van der Waals surface area contributed by atoms with E-state index in [1.54, 1.807) is 6.07 Å². The number of Topliss-reactive ketones (excluding diaryl/α,β-unsaturated/α-hetero) is 1. The van der Waals surface area contributed by atoms with Crippen LogP contribution in [0, 0.1) is 12.7 Å². The Labute approximate surface area is 172 Å². The summed E-state index contributed by atoms with van der Waals surface area (Å²) in [6.45, 7) is 1.84. The molecule has 1 aromatic heterocycles. The summed E-state index contributed by atoms with van der Waals surface area (Å²) in [5.74, 6) is -0.0907. The van der Waals surface area contributed by atoms with Gasteiger partial charge in [0.2, 0.25) is 5.88 Å². The second kappa shape index (κ2) is 6.85. The van der Waals surface area contributed by atoms with E-state index >= 15 is 0 Å². The SMILES string of the molecule is Cc1noc2c1[C@@H](c1cccc(F)c1)C1=C(C[C@H](c3ccc(Cl)cc3)CC1=O)N2. The van der Waals surface area contributed by atoms with E-state index in [-0.39, 0.29) is 23.4 Å². The quantitative estimate of drug-likeness (QED) is 0.588. The molecule has 2 atom stereocenters. The molecule has 6 heteroatoms. The van der Waals surface area contributed by atoms with Crippen molar-refractivity contribution >= 4 is 23.3 Å². The molecule has 0 bridgehead atoms. The molecule has 0 amide bonds. The maximum atomic E-state index is 14.0. The molecule has 0 saturated heterocycles. The van der Waals surface area contributed by atoms with Crippen molar-refractivity contribution in [3.63, 3.8) is 0 Å². The molecular weight excluding hydrogens is 391 g/mol. The third-order valence-electron chi connectivity index (χ3n) is 5.78. The molecule has 1 N–H and O–H groups in total. The summed E-state index contributed by atoms with van der Waals surface area (Å²) in [5, 5.41) is 8.03. The molecule has 4 nitrogen and oxygen atoms in total. The molecule has 29 heavy (non-hydrogen) atoms. The highest BCUT2D eigenvalue weighted by Gasteiger charge is 2.41. The number of aromatic nitrogens is 1. The summed E-state index contributed by atoms with van der Waals surface area (Å²) in [6, 6.07) is 14.0. The van der Waals surface area contributed by atoms with E-state index in [0.29, 0.717) is 35.0 Å². The Balaban J connectivity index is 1.62. The van der Waals surface area contributed by atoms with Gasteiger partial charge in [0.05, 0.1) is 11.3 Å². The lowest BCUT2D eigenvalue weighted by molar-refractivity contribution is -0.116. The molecule has 0 fully saturated rings. The van der Waals surface area contributed by atoms with Crippen molar-refractivity contribution in [1.82, 2.24) is 5.16 Å². The van der Waals surface area contributed by atoms with E-state index < -0.39 is 0 Å². The molecule has 0 radical (unpaired) electrons. The van der Waals surface area contributed by atoms with Gasteiger partial charge in [-0.3, -0.25) is 4.79 Å². The van der Waals surface area contributed by atoms with Gasteiger partial charge in [0.25, 0.3) is 0 Å². The van der Waals surface area contributed by atoms with Gasteiger partial charge in [0.15, 0.2) is 5.78 Å². The average molecular weight is 409 g/mol. The fourth-order valence-electron chi connectivity index (χ4n) is 4.46. The average Bonchev–Trinajstić information content (AvgIpc) is 3.07. The number of benzene rings is 2. The smallest absolute Gasteiger partial charge is 0.233 e. The number of allylic oxidation sites excluding steroid dienone is 2. The Kier molecular flexibility index (Phi) is 4.28. The first-order valence-corrected chi connectivity index (χ1v) is 9.89. The van der Waals surface area contributed by atoms with Crippen molar-refractivity contribution in [2.24, 2.45) is 0 Å². The van der Waals surface area contributed by atoms with Crippen molar-refractivity contribution < 1.29 is 13.7 Å². The molecule has 0 spiro atoms. The Morgan fingerprint density at radius 3 is 2.69 bits per heavy atom. The van der Waals surface area contributed by atoms with E-state index in [9.17, 15) is 9.18 Å². The number of fused-ring (bicyclic) bond motifs is 1. The number of hydrogen-bond donors (Lipinski definition) is 1. The van der Waals surface area contributed by atoms with Crippen LogP contribution in [-0.4, -0.2) is 10.9 Å². The second-order valence-corrected chi connectivity index (χ2v) is 8.03. The van der Waals surface area contributed by atoms with Gasteiger partial charge in [-0.2, -0.15) is 0 Å². The number of hydrogen-bond acceptors (Lipinski definition) is 4. The van der Waals surface area contributed by atoms with Crippen molar-refractivity contribution in [2.75, 3.05) is 5.32 Å². The molecule has 0 saturated carbocycles. The molecule has 0 unspecified atom stereocenters. The van der Waals surface area contributed by atoms with Gasteiger partial charge in [-0.1, -0.05) is 41.0 Å². The van der Waals surface area contributed by atoms with Crippen LogP contribution in [0.15, 0.2) is 64.3 Å². The topological polar surface area (TPSA) is 55.1 Å². The molecule has 5 rings (SSSR count). The summed E-state index contributed by atoms with van der Waals surface area (Å²) >= 11 is 6.01. The number of halogens is 2. The number of nitrogens with one attached hydrogen (secondary N) is 1. The first kappa shape index (κ1) is 18.1. The fraction of sp³-hybridized carbons (Fsp3) is 0.217. The molecule has 2 aliphatic rings. The van der Waals surface area contributed by atoms with Gasteiger partial charge < -0.3 is 9.84 Å². The number of carbonyl (C=O) groups is 1. The van der Waals surface area contributed by atoms with Gasteiger partial charge in [-0.25, -0.2) is 4.39 Å². The highest BCUT2D eigenvalue weighted by atomic mass is 35.5. The van der Waals surface area contributed by atoms with Crippen molar-refractivity contribution in [3.05, 3.63) is 93.0 Å². The van der Waals surface area contributed by atoms with Crippen LogP contribution in [0.2, 0.25) is 5.02 Å². The predicted octanol–water partition coefficient (Wildman–Crippen LogP) is 5.73. The lowest BCUT2D eigenvalue weighted by Gasteiger charge is -2.34. The molecule has 2 aromatic carbocycles. The largest absolute Gasteiger partial charge is 0.338 e. The van der Waals surface area contributed by atoms with Crippen molar-refractivity contribution in [3.8, 4) is 0 Å². The van der Waals surface area contributed by atoms with Gasteiger partial charge in [0.1, 0.15) is 5.82 Å². The fourth-order valence-corrected chi connectivity index (χ4v) is 4.59. The van der Waals surface area contributed by atoms with E-state index in [0.717, 1.165) is 22.4 Å². The Morgan fingerprint density at radius 1 is 1.14 bits per heavy atom. The summed E-state index contributed by atoms with van der Waals surface area (Å²) < 4.78 is 19.5. The number of nitrogens with zero attached hydrogens (tertiary/aromatic N) is 1. The first-order valence-electron chi connectivity index (χ1n) is 9.51. The molecule has 2 heterocycles. The Bertz CT molecular complexity index is 1150. The molecule has 3 aromatic rings. The van der Waals surface area contributed by atoms with Gasteiger partial charge >= 0.3 is 0 Å².